The molecule has 1 atom stereocenters. The van der Waals surface area contributed by atoms with Crippen LogP contribution < -0.4 is 10.6 Å². The van der Waals surface area contributed by atoms with Crippen molar-refractivity contribution in [3.63, 3.8) is 0 Å². The van der Waals surface area contributed by atoms with E-state index in [9.17, 15) is 9.90 Å². The number of hydrogen-bond donors (Lipinski definition) is 3. The van der Waals surface area contributed by atoms with E-state index in [0.717, 1.165) is 29.9 Å². The largest absolute Gasteiger partial charge is 0.381 e. The monoisotopic (exact) mass is 512 g/mol. The van der Waals surface area contributed by atoms with Crippen molar-refractivity contribution < 1.29 is 19.0 Å². The third kappa shape index (κ3) is 7.31. The van der Waals surface area contributed by atoms with Crippen LogP contribution in [-0.2, 0) is 29.2 Å². The van der Waals surface area contributed by atoms with Crippen LogP contribution in [-0.4, -0.2) is 58.4 Å². The van der Waals surface area contributed by atoms with Gasteiger partial charge in [0.05, 0.1) is 11.2 Å². The number of morpholine rings is 1. The van der Waals surface area contributed by atoms with Gasteiger partial charge >= 0.3 is 0 Å². The van der Waals surface area contributed by atoms with Crippen molar-refractivity contribution in [1.82, 2.24) is 15.1 Å². The maximum atomic E-state index is 15.6. The first-order chi connectivity index (χ1) is 17.4. The van der Waals surface area contributed by atoms with Gasteiger partial charge in [0.15, 0.2) is 0 Å². The van der Waals surface area contributed by atoms with Gasteiger partial charge in [-0.1, -0.05) is 36.9 Å². The Hall–Kier alpha value is -2.94. The Labute approximate surface area is 220 Å². The number of aliphatic hydroxyl groups is 1. The van der Waals surface area contributed by atoms with Crippen LogP contribution in [0.5, 0.6) is 0 Å². The Balaban J connectivity index is 1.76. The maximum absolute atomic E-state index is 15.6. The van der Waals surface area contributed by atoms with Gasteiger partial charge < -0.3 is 25.4 Å². The minimum absolute atomic E-state index is 0.214. The highest BCUT2D eigenvalue weighted by Crippen LogP contribution is 2.30. The Morgan fingerprint density at radius 1 is 1.19 bits per heavy atom. The Kier molecular flexibility index (Phi) is 9.00. The second-order valence-electron chi connectivity index (χ2n) is 11.0. The van der Waals surface area contributed by atoms with Crippen LogP contribution in [0.1, 0.15) is 49.9 Å². The van der Waals surface area contributed by atoms with Gasteiger partial charge in [-0.15, -0.1) is 0 Å². The molecule has 1 aliphatic rings. The molecule has 0 radical (unpaired) electrons. The molecule has 7 nitrogen and oxygen atoms in total. The summed E-state index contributed by atoms with van der Waals surface area (Å²) in [6, 6.07) is 11.3. The molecule has 0 bridgehead atoms. The lowest BCUT2D eigenvalue weighted by Crippen LogP contribution is -2.56. The number of aliphatic hydroxyl groups excluding tert-OH is 1. The highest BCUT2D eigenvalue weighted by Gasteiger charge is 2.38. The van der Waals surface area contributed by atoms with Gasteiger partial charge in [-0.3, -0.25) is 9.69 Å². The highest BCUT2D eigenvalue weighted by molar-refractivity contribution is 5.79. The zero-order valence-corrected chi connectivity index (χ0v) is 22.9. The van der Waals surface area contributed by atoms with Crippen LogP contribution in [0.15, 0.2) is 49.2 Å². The standard InChI is InChI=1S/C29H41FN4O3/c1-8-34(27(36)26(35)31-7)17-23-20(2)11-9-14-24(23)32-15-21-12-10-13-22(25(21)30)16-33-18-28(3,4)37-29(5,6)19-33/h8-14,27,32,36H,1,15-19H2,2-7H3,(H,31,35). The molecule has 1 aliphatic heterocycles. The van der Waals surface area contributed by atoms with Crippen LogP contribution in [0.2, 0.25) is 0 Å². The first-order valence-electron chi connectivity index (χ1n) is 12.6. The number of likely N-dealkylation sites (N-methyl/N-ethyl adjacent to an activating group) is 1. The Morgan fingerprint density at radius 3 is 2.43 bits per heavy atom. The number of nitrogens with zero attached hydrogens (tertiary/aromatic N) is 2. The van der Waals surface area contributed by atoms with E-state index in [0.29, 0.717) is 24.2 Å². The topological polar surface area (TPSA) is 77.1 Å². The number of nitrogens with one attached hydrogen (secondary N) is 2. The second-order valence-corrected chi connectivity index (χ2v) is 11.0. The van der Waals surface area contributed by atoms with Crippen molar-refractivity contribution in [2.45, 2.75) is 71.7 Å². The second kappa shape index (κ2) is 11.6. The summed E-state index contributed by atoms with van der Waals surface area (Å²) in [5, 5.41) is 16.2. The number of ether oxygens (including phenoxy) is 1. The lowest BCUT2D eigenvalue weighted by molar-refractivity contribution is -0.182. The molecule has 37 heavy (non-hydrogen) atoms. The smallest absolute Gasteiger partial charge is 0.269 e. The van der Waals surface area contributed by atoms with Gasteiger partial charge in [0.1, 0.15) is 5.82 Å². The van der Waals surface area contributed by atoms with Crippen molar-refractivity contribution >= 4 is 11.6 Å². The summed E-state index contributed by atoms with van der Waals surface area (Å²) in [6.45, 7) is 16.5. The van der Waals surface area contributed by atoms with Gasteiger partial charge in [-0.25, -0.2) is 4.39 Å². The third-order valence-electron chi connectivity index (χ3n) is 6.56. The predicted octanol–water partition coefficient (Wildman–Crippen LogP) is 4.15. The van der Waals surface area contributed by atoms with E-state index in [1.165, 1.54) is 18.1 Å². The zero-order valence-electron chi connectivity index (χ0n) is 22.9. The molecule has 1 unspecified atom stereocenters. The number of rotatable bonds is 10. The molecule has 1 saturated heterocycles. The molecule has 2 aromatic carbocycles. The van der Waals surface area contributed by atoms with Crippen LogP contribution in [0.4, 0.5) is 10.1 Å². The van der Waals surface area contributed by atoms with Gasteiger partial charge in [-0.2, -0.15) is 0 Å². The Bertz CT molecular complexity index is 1100. The van der Waals surface area contributed by atoms with E-state index in [4.69, 9.17) is 4.74 Å². The summed E-state index contributed by atoms with van der Waals surface area (Å²) >= 11 is 0. The molecule has 3 N–H and O–H groups in total. The van der Waals surface area contributed by atoms with Gasteiger partial charge in [0, 0.05) is 56.6 Å². The first-order valence-corrected chi connectivity index (χ1v) is 12.6. The lowest BCUT2D eigenvalue weighted by Gasteiger charge is -2.47. The summed E-state index contributed by atoms with van der Waals surface area (Å²) in [5.41, 5.74) is 3.30. The molecular weight excluding hydrogens is 471 g/mol. The summed E-state index contributed by atoms with van der Waals surface area (Å²) in [4.78, 5) is 15.7. The number of benzene rings is 2. The van der Waals surface area contributed by atoms with E-state index < -0.39 is 12.1 Å². The quantitative estimate of drug-likeness (QED) is 0.416. The van der Waals surface area contributed by atoms with E-state index >= 15 is 4.39 Å². The molecule has 0 saturated carbocycles. The fourth-order valence-electron chi connectivity index (χ4n) is 5.17. The van der Waals surface area contributed by atoms with Crippen LogP contribution in [0, 0.1) is 12.7 Å². The van der Waals surface area contributed by atoms with Crippen molar-refractivity contribution in [3.05, 3.63) is 77.2 Å². The van der Waals surface area contributed by atoms with E-state index in [1.807, 2.05) is 37.3 Å². The summed E-state index contributed by atoms with van der Waals surface area (Å²) in [7, 11) is 1.47. The van der Waals surface area contributed by atoms with Crippen LogP contribution >= 0.6 is 0 Å². The number of aryl methyl sites for hydroxylation is 1. The lowest BCUT2D eigenvalue weighted by atomic mass is 9.98. The summed E-state index contributed by atoms with van der Waals surface area (Å²) in [5.74, 6) is -0.733. The van der Waals surface area contributed by atoms with Gasteiger partial charge in [0.25, 0.3) is 5.91 Å². The van der Waals surface area contributed by atoms with Crippen molar-refractivity contribution in [3.8, 4) is 0 Å². The van der Waals surface area contributed by atoms with E-state index in [1.54, 1.807) is 6.07 Å². The molecule has 2 aromatic rings. The number of anilines is 1. The number of hydrogen-bond acceptors (Lipinski definition) is 6. The van der Waals surface area contributed by atoms with Gasteiger partial charge in [0.2, 0.25) is 6.23 Å². The molecule has 0 aromatic heterocycles. The number of carbonyl (C=O) groups is 1. The van der Waals surface area contributed by atoms with Crippen molar-refractivity contribution in [1.29, 1.82) is 0 Å². The molecule has 8 heteroatoms. The number of amides is 1. The first kappa shape index (κ1) is 28.6. The zero-order chi connectivity index (χ0) is 27.4. The minimum Gasteiger partial charge on any atom is -0.381 e. The molecular formula is C29H41FN4O3. The number of carbonyl (C=O) groups excluding carboxylic acids is 1. The van der Waals surface area contributed by atoms with Crippen molar-refractivity contribution in [2.24, 2.45) is 0 Å². The molecule has 3 rings (SSSR count). The third-order valence-corrected chi connectivity index (χ3v) is 6.56. The molecule has 1 heterocycles. The van der Waals surface area contributed by atoms with Crippen LogP contribution in [0.25, 0.3) is 0 Å². The summed E-state index contributed by atoms with van der Waals surface area (Å²) in [6.07, 6.45) is 0.0761. The van der Waals surface area contributed by atoms with Crippen molar-refractivity contribution in [2.75, 3.05) is 25.5 Å². The van der Waals surface area contributed by atoms with E-state index in [-0.39, 0.29) is 23.6 Å². The molecule has 1 amide bonds. The average molecular weight is 513 g/mol. The highest BCUT2D eigenvalue weighted by atomic mass is 19.1. The van der Waals surface area contributed by atoms with Crippen LogP contribution in [0.3, 0.4) is 0 Å². The average Bonchev–Trinajstić information content (AvgIpc) is 2.81. The SMILES string of the molecule is C=CN(Cc1c(C)cccc1NCc1cccc(CN2CC(C)(C)OC(C)(C)C2)c1F)C(O)C(=O)NC. The molecule has 202 valence electrons. The fraction of sp³-hybridized carbons (Fsp3) is 0.483. The molecule has 1 fully saturated rings. The predicted molar refractivity (Wildman–Crippen MR) is 145 cm³/mol. The van der Waals surface area contributed by atoms with Gasteiger partial charge in [-0.05, 0) is 58.0 Å². The maximum Gasteiger partial charge on any atom is 0.269 e. The summed E-state index contributed by atoms with van der Waals surface area (Å²) < 4.78 is 21.8. The Morgan fingerprint density at radius 2 is 1.81 bits per heavy atom. The molecule has 0 spiro atoms. The fourth-order valence-corrected chi connectivity index (χ4v) is 5.17. The van der Waals surface area contributed by atoms with E-state index in [2.05, 4.69) is 49.8 Å². The minimum atomic E-state index is -1.36. The molecule has 0 aliphatic carbocycles. The normalized spacial score (nSPS) is 17.6. The number of halogens is 1.